The van der Waals surface area contributed by atoms with Crippen molar-refractivity contribution in [2.75, 3.05) is 0 Å². The molecule has 0 amide bonds. The molecule has 0 aliphatic rings. The molecule has 54 valence electrons. The van der Waals surface area contributed by atoms with Gasteiger partial charge in [-0.25, -0.2) is 0 Å². The first kappa shape index (κ1) is 13.2. The van der Waals surface area contributed by atoms with Crippen LogP contribution in [0.3, 0.4) is 0 Å². The molecule has 0 spiro atoms. The maximum atomic E-state index is 3.93. The summed E-state index contributed by atoms with van der Waals surface area (Å²) in [4.78, 5) is 0. The standard InChI is InChI=1S/C8H17Si.Li/c1-6-8(2)7-9(3,4)5;/h1-2,6-7H2,3-5H3;/q-1;+1. The van der Waals surface area contributed by atoms with Crippen LogP contribution in [0.15, 0.2) is 12.2 Å². The predicted molar refractivity (Wildman–Crippen MR) is 47.3 cm³/mol. The van der Waals surface area contributed by atoms with Crippen LogP contribution < -0.4 is 18.9 Å². The summed E-state index contributed by atoms with van der Waals surface area (Å²) in [6.45, 7) is 14.8. The monoisotopic (exact) mass is 148 g/mol. The van der Waals surface area contributed by atoms with Crippen LogP contribution in [-0.2, 0) is 0 Å². The van der Waals surface area contributed by atoms with Crippen molar-refractivity contribution in [3.05, 3.63) is 19.1 Å². The summed E-state index contributed by atoms with van der Waals surface area (Å²) in [7, 11) is -0.881. The second-order valence-corrected chi connectivity index (χ2v) is 9.21. The molecule has 2 heteroatoms. The molecule has 0 heterocycles. The minimum absolute atomic E-state index is 0. The Morgan fingerprint density at radius 3 is 1.90 bits per heavy atom. The average Bonchev–Trinajstić information content (AvgIpc) is 1.62. The molecular weight excluding hydrogens is 131 g/mol. The van der Waals surface area contributed by atoms with Gasteiger partial charge in [-0.2, -0.15) is 6.42 Å². The third-order valence-corrected chi connectivity index (χ3v) is 2.69. The fourth-order valence-electron chi connectivity index (χ4n) is 0.838. The molecule has 0 fully saturated rings. The molecule has 0 saturated carbocycles. The minimum atomic E-state index is -0.881. The van der Waals surface area contributed by atoms with Gasteiger partial charge in [-0.3, -0.25) is 0 Å². The van der Waals surface area contributed by atoms with Crippen LogP contribution in [0.4, 0.5) is 0 Å². The first-order chi connectivity index (χ1) is 3.95. The van der Waals surface area contributed by atoms with Gasteiger partial charge in [0, 0.05) is 8.07 Å². The summed E-state index contributed by atoms with van der Waals surface area (Å²) in [6.07, 6.45) is 0.907. The van der Waals surface area contributed by atoms with Gasteiger partial charge in [0.25, 0.3) is 0 Å². The zero-order chi connectivity index (χ0) is 7.49. The van der Waals surface area contributed by atoms with Gasteiger partial charge in [0.1, 0.15) is 0 Å². The Bertz CT molecular complexity index is 102. The topological polar surface area (TPSA) is 0 Å². The van der Waals surface area contributed by atoms with Gasteiger partial charge in [-0.15, -0.1) is 12.2 Å². The Balaban J connectivity index is 0. The van der Waals surface area contributed by atoms with Crippen molar-refractivity contribution >= 4 is 8.07 Å². The predicted octanol–water partition coefficient (Wildman–Crippen LogP) is 0.109. The SMILES string of the molecule is C=C(C[CH2-])C[Si](C)(C)C.[Li+]. The van der Waals surface area contributed by atoms with E-state index in [0.717, 1.165) is 6.42 Å². The van der Waals surface area contributed by atoms with E-state index >= 15 is 0 Å². The van der Waals surface area contributed by atoms with Gasteiger partial charge in [0.05, 0.1) is 0 Å². The molecule has 0 aliphatic carbocycles. The first-order valence-corrected chi connectivity index (χ1v) is 7.12. The summed E-state index contributed by atoms with van der Waals surface area (Å²) in [5, 5.41) is 0. The van der Waals surface area contributed by atoms with Crippen LogP contribution in [-0.4, -0.2) is 8.07 Å². The van der Waals surface area contributed by atoms with Crippen LogP contribution in [0, 0.1) is 6.92 Å². The summed E-state index contributed by atoms with van der Waals surface area (Å²) < 4.78 is 0. The molecule has 0 aromatic heterocycles. The Kier molecular flexibility index (Phi) is 6.90. The van der Waals surface area contributed by atoms with Crippen molar-refractivity contribution in [1.82, 2.24) is 0 Å². The normalized spacial score (nSPS) is 10.4. The average molecular weight is 148 g/mol. The summed E-state index contributed by atoms with van der Waals surface area (Å²) in [5.74, 6) is 0. The van der Waals surface area contributed by atoms with Gasteiger partial charge in [0.15, 0.2) is 0 Å². The Hall–Kier alpha value is 0.554. The zero-order valence-electron chi connectivity index (χ0n) is 7.83. The molecule has 0 saturated heterocycles. The van der Waals surface area contributed by atoms with Gasteiger partial charge in [0.2, 0.25) is 0 Å². The third kappa shape index (κ3) is 8.55. The van der Waals surface area contributed by atoms with Crippen LogP contribution in [0.5, 0.6) is 0 Å². The van der Waals surface area contributed by atoms with E-state index in [1.807, 2.05) is 0 Å². The van der Waals surface area contributed by atoms with Gasteiger partial charge < -0.3 is 6.92 Å². The van der Waals surface area contributed by atoms with Crippen molar-refractivity contribution in [3.8, 4) is 0 Å². The van der Waals surface area contributed by atoms with E-state index < -0.39 is 8.07 Å². The molecular formula is C8H17LiSi. The Morgan fingerprint density at radius 2 is 1.80 bits per heavy atom. The summed E-state index contributed by atoms with van der Waals surface area (Å²) in [6, 6.07) is 1.23. The maximum Gasteiger partial charge on any atom is 1.00 e. The Labute approximate surface area is 78.3 Å². The van der Waals surface area contributed by atoms with Gasteiger partial charge in [-0.05, 0) is 6.04 Å². The molecule has 0 nitrogen and oxygen atoms in total. The van der Waals surface area contributed by atoms with E-state index in [2.05, 4.69) is 33.1 Å². The maximum absolute atomic E-state index is 3.93. The van der Waals surface area contributed by atoms with Crippen molar-refractivity contribution in [2.24, 2.45) is 0 Å². The fourth-order valence-corrected chi connectivity index (χ4v) is 2.52. The van der Waals surface area contributed by atoms with Crippen molar-refractivity contribution < 1.29 is 18.9 Å². The van der Waals surface area contributed by atoms with E-state index in [-0.39, 0.29) is 18.9 Å². The second kappa shape index (κ2) is 5.24. The largest absolute Gasteiger partial charge is 1.00 e. The van der Waals surface area contributed by atoms with Gasteiger partial charge in [-0.1, -0.05) is 19.6 Å². The molecule has 0 bridgehead atoms. The van der Waals surface area contributed by atoms with E-state index in [0.29, 0.717) is 0 Å². The van der Waals surface area contributed by atoms with Crippen LogP contribution in [0.2, 0.25) is 25.7 Å². The van der Waals surface area contributed by atoms with Crippen LogP contribution >= 0.6 is 0 Å². The van der Waals surface area contributed by atoms with Crippen molar-refractivity contribution in [1.29, 1.82) is 0 Å². The molecule has 0 unspecified atom stereocenters. The van der Waals surface area contributed by atoms with E-state index in [4.69, 9.17) is 0 Å². The number of hydrogen-bond donors (Lipinski definition) is 0. The molecule has 0 rings (SSSR count). The molecule has 0 aromatic carbocycles. The number of rotatable bonds is 3. The minimum Gasteiger partial charge on any atom is -0.339 e. The summed E-state index contributed by atoms with van der Waals surface area (Å²) in [5.41, 5.74) is 1.31. The molecule has 10 heavy (non-hydrogen) atoms. The third-order valence-electron chi connectivity index (χ3n) is 1.13. The van der Waals surface area contributed by atoms with Crippen LogP contribution in [0.25, 0.3) is 0 Å². The van der Waals surface area contributed by atoms with E-state index in [1.54, 1.807) is 0 Å². The van der Waals surface area contributed by atoms with E-state index in [1.165, 1.54) is 11.6 Å². The molecule has 0 aromatic rings. The Morgan fingerprint density at radius 1 is 1.40 bits per heavy atom. The second-order valence-electron chi connectivity index (χ2n) is 3.74. The zero-order valence-corrected chi connectivity index (χ0v) is 8.83. The molecule has 0 N–H and O–H groups in total. The van der Waals surface area contributed by atoms with Crippen molar-refractivity contribution in [2.45, 2.75) is 32.1 Å². The first-order valence-electron chi connectivity index (χ1n) is 3.41. The number of allylic oxidation sites excluding steroid dienone is 1. The fraction of sp³-hybridized carbons (Fsp3) is 0.625. The molecule has 0 aliphatic heterocycles. The van der Waals surface area contributed by atoms with Crippen LogP contribution in [0.1, 0.15) is 6.42 Å². The van der Waals surface area contributed by atoms with Gasteiger partial charge >= 0.3 is 18.9 Å². The molecule has 0 atom stereocenters. The quantitative estimate of drug-likeness (QED) is 0.303. The molecule has 0 radical (unpaired) electrons. The summed E-state index contributed by atoms with van der Waals surface area (Å²) >= 11 is 0. The van der Waals surface area contributed by atoms with E-state index in [9.17, 15) is 0 Å². The smallest absolute Gasteiger partial charge is 0.339 e. The number of hydrogen-bond acceptors (Lipinski definition) is 0. The van der Waals surface area contributed by atoms with Crippen molar-refractivity contribution in [3.63, 3.8) is 0 Å².